The van der Waals surface area contributed by atoms with Gasteiger partial charge in [0, 0.05) is 0 Å². The molecule has 0 aromatic rings. The summed E-state index contributed by atoms with van der Waals surface area (Å²) in [6.07, 6.45) is 6.86. The van der Waals surface area contributed by atoms with Gasteiger partial charge in [0.1, 0.15) is 0 Å². The summed E-state index contributed by atoms with van der Waals surface area (Å²) in [6.45, 7) is 19.3. The van der Waals surface area contributed by atoms with Gasteiger partial charge >= 0.3 is 0 Å². The van der Waals surface area contributed by atoms with E-state index in [-0.39, 0.29) is 0 Å². The first kappa shape index (κ1) is 19.0. The Bertz CT molecular complexity index is 208. The molecule has 0 aromatic heterocycles. The lowest BCUT2D eigenvalue weighted by Crippen LogP contribution is -2.21. The van der Waals surface area contributed by atoms with E-state index in [0.29, 0.717) is 0 Å². The maximum absolute atomic E-state index is 2.48. The molecule has 0 aliphatic heterocycles. The van der Waals surface area contributed by atoms with Crippen molar-refractivity contribution < 1.29 is 0 Å². The average molecular weight is 269 g/mol. The molecule has 0 rings (SSSR count). The molecule has 0 heteroatoms. The molecule has 0 aliphatic carbocycles. The van der Waals surface area contributed by atoms with E-state index in [1.807, 2.05) is 0 Å². The molecule has 0 radical (unpaired) electrons. The SMILES string of the molecule is CCC(C)C(C)CC(C)CC(CC)C(C)C(C)CC. The van der Waals surface area contributed by atoms with Crippen LogP contribution in [0.4, 0.5) is 0 Å². The Balaban J connectivity index is 4.30. The topological polar surface area (TPSA) is 0 Å². The number of hydrogen-bond donors (Lipinski definition) is 0. The van der Waals surface area contributed by atoms with Crippen LogP contribution in [0.2, 0.25) is 0 Å². The minimum Gasteiger partial charge on any atom is -0.0651 e. The first-order chi connectivity index (χ1) is 8.87. The molecule has 0 fully saturated rings. The van der Waals surface area contributed by atoms with E-state index in [2.05, 4.69) is 55.4 Å². The van der Waals surface area contributed by atoms with Gasteiger partial charge in [-0.05, 0) is 48.3 Å². The van der Waals surface area contributed by atoms with Crippen molar-refractivity contribution in [3.63, 3.8) is 0 Å². The van der Waals surface area contributed by atoms with Crippen LogP contribution in [0, 0.1) is 35.5 Å². The van der Waals surface area contributed by atoms with Crippen molar-refractivity contribution in [1.29, 1.82) is 0 Å². The Morgan fingerprint density at radius 3 is 1.53 bits per heavy atom. The molecule has 0 heterocycles. The normalized spacial score (nSPS) is 21.5. The van der Waals surface area contributed by atoms with E-state index >= 15 is 0 Å². The van der Waals surface area contributed by atoms with E-state index in [9.17, 15) is 0 Å². The van der Waals surface area contributed by atoms with E-state index in [1.165, 1.54) is 32.1 Å². The van der Waals surface area contributed by atoms with Gasteiger partial charge in [-0.1, -0.05) is 74.7 Å². The molecular formula is C19H40. The van der Waals surface area contributed by atoms with Gasteiger partial charge in [0.15, 0.2) is 0 Å². The first-order valence-corrected chi connectivity index (χ1v) is 8.87. The van der Waals surface area contributed by atoms with E-state index in [0.717, 1.165) is 35.5 Å². The maximum Gasteiger partial charge on any atom is -0.0386 e. The lowest BCUT2D eigenvalue weighted by molar-refractivity contribution is 0.193. The lowest BCUT2D eigenvalue weighted by Gasteiger charge is -2.31. The highest BCUT2D eigenvalue weighted by molar-refractivity contribution is 4.74. The van der Waals surface area contributed by atoms with Crippen molar-refractivity contribution in [3.8, 4) is 0 Å². The lowest BCUT2D eigenvalue weighted by atomic mass is 9.75. The molecule has 0 nitrogen and oxygen atoms in total. The summed E-state index contributed by atoms with van der Waals surface area (Å²) in [4.78, 5) is 0. The van der Waals surface area contributed by atoms with Crippen LogP contribution in [0.3, 0.4) is 0 Å². The smallest absolute Gasteiger partial charge is 0.0386 e. The quantitative estimate of drug-likeness (QED) is 0.409. The van der Waals surface area contributed by atoms with Crippen LogP contribution < -0.4 is 0 Å². The molecule has 6 unspecified atom stereocenters. The van der Waals surface area contributed by atoms with Crippen LogP contribution >= 0.6 is 0 Å². The van der Waals surface area contributed by atoms with Crippen molar-refractivity contribution in [2.24, 2.45) is 35.5 Å². The van der Waals surface area contributed by atoms with Gasteiger partial charge < -0.3 is 0 Å². The van der Waals surface area contributed by atoms with Crippen molar-refractivity contribution in [2.75, 3.05) is 0 Å². The molecule has 0 bridgehead atoms. The fourth-order valence-electron chi connectivity index (χ4n) is 3.47. The van der Waals surface area contributed by atoms with Crippen LogP contribution in [0.15, 0.2) is 0 Å². The molecular weight excluding hydrogens is 228 g/mol. The van der Waals surface area contributed by atoms with Crippen LogP contribution in [-0.2, 0) is 0 Å². The molecule has 0 aromatic carbocycles. The highest BCUT2D eigenvalue weighted by Gasteiger charge is 2.23. The molecule has 0 aliphatic rings. The molecule has 0 spiro atoms. The van der Waals surface area contributed by atoms with Crippen molar-refractivity contribution in [1.82, 2.24) is 0 Å². The van der Waals surface area contributed by atoms with Crippen LogP contribution in [0.1, 0.15) is 87.5 Å². The summed E-state index contributed by atoms with van der Waals surface area (Å²) in [5.74, 6) is 5.35. The maximum atomic E-state index is 2.48. The second-order valence-corrected chi connectivity index (χ2v) is 7.35. The third-order valence-electron chi connectivity index (χ3n) is 5.90. The van der Waals surface area contributed by atoms with Gasteiger partial charge in [-0.3, -0.25) is 0 Å². The van der Waals surface area contributed by atoms with Gasteiger partial charge in [-0.2, -0.15) is 0 Å². The number of rotatable bonds is 10. The minimum absolute atomic E-state index is 0.879. The summed E-state index contributed by atoms with van der Waals surface area (Å²) < 4.78 is 0. The van der Waals surface area contributed by atoms with Gasteiger partial charge in [0.05, 0.1) is 0 Å². The number of hydrogen-bond acceptors (Lipinski definition) is 0. The molecule has 0 saturated carbocycles. The highest BCUT2D eigenvalue weighted by Crippen LogP contribution is 2.33. The zero-order valence-corrected chi connectivity index (χ0v) is 15.0. The van der Waals surface area contributed by atoms with Crippen LogP contribution in [0.5, 0.6) is 0 Å². The predicted molar refractivity (Wildman–Crippen MR) is 89.4 cm³/mol. The summed E-state index contributed by atoms with van der Waals surface area (Å²) in [6, 6.07) is 0. The molecule has 0 N–H and O–H groups in total. The molecule has 116 valence electrons. The predicted octanol–water partition coefficient (Wildman–Crippen LogP) is 6.79. The van der Waals surface area contributed by atoms with Crippen LogP contribution in [-0.4, -0.2) is 0 Å². The molecule has 6 atom stereocenters. The molecule has 19 heavy (non-hydrogen) atoms. The van der Waals surface area contributed by atoms with E-state index in [1.54, 1.807) is 0 Å². The van der Waals surface area contributed by atoms with Gasteiger partial charge in [0.25, 0.3) is 0 Å². The summed E-state index contributed by atoms with van der Waals surface area (Å²) in [7, 11) is 0. The van der Waals surface area contributed by atoms with Gasteiger partial charge in [-0.15, -0.1) is 0 Å². The fourth-order valence-corrected chi connectivity index (χ4v) is 3.47. The second kappa shape index (κ2) is 9.83. The monoisotopic (exact) mass is 268 g/mol. The molecule has 0 saturated heterocycles. The van der Waals surface area contributed by atoms with Crippen molar-refractivity contribution >= 4 is 0 Å². The largest absolute Gasteiger partial charge is 0.0651 e. The summed E-state index contributed by atoms with van der Waals surface area (Å²) >= 11 is 0. The Morgan fingerprint density at radius 2 is 1.11 bits per heavy atom. The Kier molecular flexibility index (Phi) is 9.83. The zero-order chi connectivity index (χ0) is 15.0. The van der Waals surface area contributed by atoms with E-state index in [4.69, 9.17) is 0 Å². The third kappa shape index (κ3) is 6.82. The third-order valence-corrected chi connectivity index (χ3v) is 5.90. The Labute approximate surface area is 123 Å². The standard InChI is InChI=1S/C19H40/c1-9-15(5)17(7)12-14(4)13-19(11-3)18(8)16(6)10-2/h14-19H,9-13H2,1-8H3. The minimum atomic E-state index is 0.879. The Morgan fingerprint density at radius 1 is 0.579 bits per heavy atom. The Hall–Kier alpha value is 0. The van der Waals surface area contributed by atoms with Gasteiger partial charge in [0.2, 0.25) is 0 Å². The van der Waals surface area contributed by atoms with Crippen molar-refractivity contribution in [3.05, 3.63) is 0 Å². The average Bonchev–Trinajstić information content (AvgIpc) is 2.41. The summed E-state index contributed by atoms with van der Waals surface area (Å²) in [5.41, 5.74) is 0. The summed E-state index contributed by atoms with van der Waals surface area (Å²) in [5, 5.41) is 0. The van der Waals surface area contributed by atoms with Gasteiger partial charge in [-0.25, -0.2) is 0 Å². The highest BCUT2D eigenvalue weighted by atomic mass is 14.3. The fraction of sp³-hybridized carbons (Fsp3) is 1.00. The van der Waals surface area contributed by atoms with E-state index < -0.39 is 0 Å². The molecule has 0 amide bonds. The zero-order valence-electron chi connectivity index (χ0n) is 15.0. The second-order valence-electron chi connectivity index (χ2n) is 7.35. The van der Waals surface area contributed by atoms with Crippen LogP contribution in [0.25, 0.3) is 0 Å². The first-order valence-electron chi connectivity index (χ1n) is 8.87. The van der Waals surface area contributed by atoms with Crippen molar-refractivity contribution in [2.45, 2.75) is 87.5 Å².